The predicted molar refractivity (Wildman–Crippen MR) is 97.1 cm³/mol. The maximum absolute atomic E-state index is 13.2. The number of alkyl halides is 3. The molecule has 1 aliphatic rings. The molecule has 1 fully saturated rings. The molecule has 0 bridgehead atoms. The van der Waals surface area contributed by atoms with E-state index < -0.39 is 28.5 Å². The lowest BCUT2D eigenvalue weighted by Gasteiger charge is -2.30. The Morgan fingerprint density at radius 3 is 2.57 bits per heavy atom. The van der Waals surface area contributed by atoms with E-state index in [4.69, 9.17) is 5.11 Å². The van der Waals surface area contributed by atoms with E-state index in [0.29, 0.717) is 25.9 Å². The lowest BCUT2D eigenvalue weighted by atomic mass is 10.1. The van der Waals surface area contributed by atoms with E-state index in [2.05, 4.69) is 20.3 Å². The molecule has 3 rings (SSSR count). The Labute approximate surface area is 163 Å². The summed E-state index contributed by atoms with van der Waals surface area (Å²) in [5.41, 5.74) is -1.04. The first-order valence-electron chi connectivity index (χ1n) is 8.31. The van der Waals surface area contributed by atoms with Gasteiger partial charge < -0.3 is 10.4 Å². The van der Waals surface area contributed by atoms with E-state index in [1.165, 1.54) is 16.6 Å². The van der Waals surface area contributed by atoms with E-state index in [0.717, 1.165) is 17.6 Å². The second kappa shape index (κ2) is 7.89. The first-order chi connectivity index (χ1) is 13.1. The molecule has 1 aliphatic heterocycles. The maximum atomic E-state index is 13.2. The summed E-state index contributed by atoms with van der Waals surface area (Å²) >= 11 is 0.725. The van der Waals surface area contributed by atoms with Gasteiger partial charge >= 0.3 is 6.18 Å². The molecule has 0 atom stereocenters. The number of nitrogens with one attached hydrogen (secondary N) is 1. The van der Waals surface area contributed by atoms with Crippen LogP contribution in [0.5, 0.6) is 0 Å². The quantitative estimate of drug-likeness (QED) is 0.736. The third kappa shape index (κ3) is 4.77. The minimum absolute atomic E-state index is 0.0515. The second-order valence-corrected chi connectivity index (χ2v) is 9.35. The largest absolute Gasteiger partial charge is 0.434 e. The summed E-state index contributed by atoms with van der Waals surface area (Å²) < 4.78 is 64.2. The Morgan fingerprint density at radius 2 is 2.00 bits per heavy atom. The van der Waals surface area contributed by atoms with Gasteiger partial charge in [0.15, 0.2) is 5.69 Å². The zero-order valence-electron chi connectivity index (χ0n) is 14.8. The van der Waals surface area contributed by atoms with E-state index >= 15 is 0 Å². The van der Waals surface area contributed by atoms with Gasteiger partial charge in [-0.2, -0.15) is 13.2 Å². The van der Waals surface area contributed by atoms with E-state index in [9.17, 15) is 21.6 Å². The molecule has 0 radical (unpaired) electrons. The molecular weight excluding hydrogens is 419 g/mol. The molecule has 13 heteroatoms. The van der Waals surface area contributed by atoms with Gasteiger partial charge in [-0.15, -0.1) is 11.3 Å². The van der Waals surface area contributed by atoms with Crippen molar-refractivity contribution in [3.8, 4) is 10.6 Å². The van der Waals surface area contributed by atoms with Crippen molar-refractivity contribution in [2.75, 3.05) is 24.7 Å². The van der Waals surface area contributed by atoms with Gasteiger partial charge in [0.2, 0.25) is 16.0 Å². The number of piperidine rings is 1. The fourth-order valence-electron chi connectivity index (χ4n) is 2.87. The first kappa shape index (κ1) is 20.9. The number of anilines is 1. The van der Waals surface area contributed by atoms with Crippen LogP contribution in [0.25, 0.3) is 10.6 Å². The molecule has 0 unspecified atom stereocenters. The Hall–Kier alpha value is -1.83. The van der Waals surface area contributed by atoms with Crippen LogP contribution in [0.2, 0.25) is 0 Å². The Bertz CT molecular complexity index is 941. The van der Waals surface area contributed by atoms with Crippen LogP contribution in [0.4, 0.5) is 19.1 Å². The molecule has 0 spiro atoms. The van der Waals surface area contributed by atoms with Gasteiger partial charge in [0, 0.05) is 25.3 Å². The average molecular weight is 437 g/mol. The zero-order valence-corrected chi connectivity index (χ0v) is 16.4. The van der Waals surface area contributed by atoms with E-state index in [-0.39, 0.29) is 27.6 Å². The smallest absolute Gasteiger partial charge is 0.389 e. The van der Waals surface area contributed by atoms with Gasteiger partial charge in [0.05, 0.1) is 23.4 Å². The SMILES string of the molecule is CS(=O)(=O)N1CCC(Nc2nccc(-c3sc(CO)nc3C(F)(F)F)n2)CC1. The standard InChI is InChI=1S/C15H18F3N5O3S2/c1-28(25,26)23-6-3-9(4-7-23)20-14-19-5-2-10(21-14)12-13(15(16,17)18)22-11(8-24)27-12/h2,5,9,24H,3-4,6-8H2,1H3,(H,19,20,21). The van der Waals surface area contributed by atoms with Crippen molar-refractivity contribution in [1.82, 2.24) is 19.3 Å². The number of rotatable bonds is 5. The van der Waals surface area contributed by atoms with Crippen molar-refractivity contribution >= 4 is 27.3 Å². The van der Waals surface area contributed by atoms with Crippen LogP contribution in [0.1, 0.15) is 23.5 Å². The van der Waals surface area contributed by atoms with Crippen molar-refractivity contribution in [3.63, 3.8) is 0 Å². The van der Waals surface area contributed by atoms with Crippen LogP contribution in [0.3, 0.4) is 0 Å². The fourth-order valence-corrected chi connectivity index (χ4v) is 4.65. The third-order valence-corrected chi connectivity index (χ3v) is 6.59. The summed E-state index contributed by atoms with van der Waals surface area (Å²) in [6.45, 7) is 0.106. The Morgan fingerprint density at radius 1 is 1.32 bits per heavy atom. The summed E-state index contributed by atoms with van der Waals surface area (Å²) in [4.78, 5) is 11.5. The second-order valence-electron chi connectivity index (χ2n) is 6.29. The Kier molecular flexibility index (Phi) is 5.89. The topological polar surface area (TPSA) is 108 Å². The molecule has 2 aromatic heterocycles. The van der Waals surface area contributed by atoms with Gasteiger partial charge in [-0.3, -0.25) is 0 Å². The van der Waals surface area contributed by atoms with Crippen molar-refractivity contribution in [2.24, 2.45) is 0 Å². The highest BCUT2D eigenvalue weighted by Gasteiger charge is 2.38. The van der Waals surface area contributed by atoms with Gasteiger partial charge in [0.25, 0.3) is 0 Å². The number of aliphatic hydroxyl groups excluding tert-OH is 1. The number of hydrogen-bond donors (Lipinski definition) is 2. The number of sulfonamides is 1. The molecule has 1 saturated heterocycles. The third-order valence-electron chi connectivity index (χ3n) is 4.22. The normalized spacial score (nSPS) is 17.0. The molecule has 0 saturated carbocycles. The maximum Gasteiger partial charge on any atom is 0.434 e. The summed E-state index contributed by atoms with van der Waals surface area (Å²) in [5.74, 6) is 0.155. The molecule has 154 valence electrons. The molecule has 28 heavy (non-hydrogen) atoms. The summed E-state index contributed by atoms with van der Waals surface area (Å²) in [6.07, 6.45) is -1.11. The minimum Gasteiger partial charge on any atom is -0.389 e. The summed E-state index contributed by atoms with van der Waals surface area (Å²) in [7, 11) is -3.24. The molecule has 0 aromatic carbocycles. The molecule has 3 heterocycles. The van der Waals surface area contributed by atoms with E-state index in [1.54, 1.807) is 0 Å². The van der Waals surface area contributed by atoms with Crippen molar-refractivity contribution in [1.29, 1.82) is 0 Å². The van der Waals surface area contributed by atoms with E-state index in [1.807, 2.05) is 0 Å². The molecule has 0 amide bonds. The number of hydrogen-bond acceptors (Lipinski definition) is 8. The number of nitrogens with zero attached hydrogens (tertiary/aromatic N) is 4. The first-order valence-corrected chi connectivity index (χ1v) is 11.0. The number of aliphatic hydroxyl groups is 1. The summed E-state index contributed by atoms with van der Waals surface area (Å²) in [6, 6.07) is 1.26. The highest BCUT2D eigenvalue weighted by molar-refractivity contribution is 7.88. The van der Waals surface area contributed by atoms with Gasteiger partial charge in [-0.05, 0) is 18.9 Å². The number of thiazole rings is 1. The summed E-state index contributed by atoms with van der Waals surface area (Å²) in [5, 5.41) is 12.1. The molecule has 0 aliphatic carbocycles. The zero-order chi connectivity index (χ0) is 20.5. The molecular formula is C15H18F3N5O3S2. The highest BCUT2D eigenvalue weighted by Crippen LogP contribution is 2.39. The van der Waals surface area contributed by atoms with Crippen LogP contribution < -0.4 is 5.32 Å². The minimum atomic E-state index is -4.67. The fraction of sp³-hybridized carbons (Fsp3) is 0.533. The van der Waals surface area contributed by atoms with Crippen LogP contribution >= 0.6 is 11.3 Å². The monoisotopic (exact) mass is 437 g/mol. The van der Waals surface area contributed by atoms with Crippen molar-refractivity contribution in [2.45, 2.75) is 31.7 Å². The van der Waals surface area contributed by atoms with Crippen LogP contribution in [-0.4, -0.2) is 58.2 Å². The highest BCUT2D eigenvalue weighted by atomic mass is 32.2. The molecule has 2 aromatic rings. The van der Waals surface area contributed by atoms with Crippen molar-refractivity contribution < 1.29 is 26.7 Å². The number of halogens is 3. The van der Waals surface area contributed by atoms with Crippen LogP contribution in [0.15, 0.2) is 12.3 Å². The van der Waals surface area contributed by atoms with Crippen LogP contribution in [-0.2, 0) is 22.8 Å². The lowest BCUT2D eigenvalue weighted by molar-refractivity contribution is -0.140. The van der Waals surface area contributed by atoms with Gasteiger partial charge in [-0.25, -0.2) is 27.7 Å². The van der Waals surface area contributed by atoms with Crippen molar-refractivity contribution in [3.05, 3.63) is 23.0 Å². The lowest BCUT2D eigenvalue weighted by Crippen LogP contribution is -2.42. The van der Waals surface area contributed by atoms with Gasteiger partial charge in [0.1, 0.15) is 5.01 Å². The van der Waals surface area contributed by atoms with Crippen LogP contribution in [0, 0.1) is 0 Å². The number of aromatic nitrogens is 3. The predicted octanol–water partition coefficient (Wildman–Crippen LogP) is 1.95. The average Bonchev–Trinajstić information content (AvgIpc) is 3.07. The molecule has 8 nitrogen and oxygen atoms in total. The Balaban J connectivity index is 1.78. The molecule has 2 N–H and O–H groups in total. The van der Waals surface area contributed by atoms with Gasteiger partial charge in [-0.1, -0.05) is 0 Å².